The van der Waals surface area contributed by atoms with E-state index in [9.17, 15) is 13.2 Å². The van der Waals surface area contributed by atoms with Gasteiger partial charge in [-0.05, 0) is 25.2 Å². The van der Waals surface area contributed by atoms with Gasteiger partial charge in [0.25, 0.3) is 0 Å². The molecule has 0 bridgehead atoms. The van der Waals surface area contributed by atoms with E-state index in [0.29, 0.717) is 31.1 Å². The van der Waals surface area contributed by atoms with E-state index in [1.807, 2.05) is 13.8 Å². The molecule has 7 nitrogen and oxygen atoms in total. The van der Waals surface area contributed by atoms with Crippen molar-refractivity contribution in [2.24, 2.45) is 5.92 Å². The van der Waals surface area contributed by atoms with Gasteiger partial charge in [0.2, 0.25) is 11.8 Å². The van der Waals surface area contributed by atoms with Gasteiger partial charge in [-0.25, -0.2) is 8.42 Å². The maximum absolute atomic E-state index is 12.6. The molecule has 1 aromatic rings. The lowest BCUT2D eigenvalue weighted by atomic mass is 10.0. The van der Waals surface area contributed by atoms with Crippen molar-refractivity contribution in [3.63, 3.8) is 0 Å². The Morgan fingerprint density at radius 3 is 2.78 bits per heavy atom. The first-order valence-corrected chi connectivity index (χ1v) is 10.0. The van der Waals surface area contributed by atoms with Gasteiger partial charge in [0.1, 0.15) is 0 Å². The van der Waals surface area contributed by atoms with E-state index in [1.165, 1.54) is 0 Å². The van der Waals surface area contributed by atoms with E-state index in [1.54, 1.807) is 4.90 Å². The van der Waals surface area contributed by atoms with Crippen LogP contribution in [0.15, 0.2) is 4.52 Å². The second kappa shape index (κ2) is 6.22. The Morgan fingerprint density at radius 2 is 2.17 bits per heavy atom. The van der Waals surface area contributed by atoms with Crippen LogP contribution in [0.4, 0.5) is 0 Å². The number of hydrogen-bond donors (Lipinski definition) is 0. The molecule has 3 heterocycles. The number of nitrogens with zero attached hydrogens (tertiary/aromatic N) is 3. The highest BCUT2D eigenvalue weighted by atomic mass is 32.2. The van der Waals surface area contributed by atoms with Crippen LogP contribution in [0.25, 0.3) is 0 Å². The molecule has 0 N–H and O–H groups in total. The maximum Gasteiger partial charge on any atom is 0.229 e. The van der Waals surface area contributed by atoms with Gasteiger partial charge in [0.05, 0.1) is 17.5 Å². The highest BCUT2D eigenvalue weighted by molar-refractivity contribution is 7.91. The average molecular weight is 341 g/mol. The highest BCUT2D eigenvalue weighted by Gasteiger charge is 2.36. The summed E-state index contributed by atoms with van der Waals surface area (Å²) in [4.78, 5) is 18.8. The summed E-state index contributed by atoms with van der Waals surface area (Å²) >= 11 is 0. The first kappa shape index (κ1) is 16.4. The van der Waals surface area contributed by atoms with Crippen LogP contribution in [-0.4, -0.2) is 47.4 Å². The molecule has 2 fully saturated rings. The minimum absolute atomic E-state index is 0.00509. The molecule has 1 amide bonds. The SMILES string of the molecule is CC(C)c1nc([C@@H]2CCCN2C(=O)C[C@H]2CCS(=O)(=O)C2)no1. The van der Waals surface area contributed by atoms with Crippen LogP contribution < -0.4 is 0 Å². The predicted octanol–water partition coefficient (Wildman–Crippen LogP) is 1.68. The number of hydrogen-bond acceptors (Lipinski definition) is 6. The number of carbonyl (C=O) groups is 1. The van der Waals surface area contributed by atoms with E-state index < -0.39 is 9.84 Å². The number of rotatable bonds is 4. The Hall–Kier alpha value is -1.44. The van der Waals surface area contributed by atoms with E-state index in [0.717, 1.165) is 12.8 Å². The lowest BCUT2D eigenvalue weighted by Gasteiger charge is -2.23. The monoisotopic (exact) mass is 341 g/mol. The number of sulfone groups is 1. The maximum atomic E-state index is 12.6. The van der Waals surface area contributed by atoms with Gasteiger partial charge in [0.15, 0.2) is 15.7 Å². The van der Waals surface area contributed by atoms with Crippen molar-refractivity contribution in [3.8, 4) is 0 Å². The van der Waals surface area contributed by atoms with Gasteiger partial charge in [0, 0.05) is 18.9 Å². The van der Waals surface area contributed by atoms with E-state index in [4.69, 9.17) is 4.52 Å². The van der Waals surface area contributed by atoms with Crippen molar-refractivity contribution in [1.29, 1.82) is 0 Å². The standard InChI is InChI=1S/C15H23N3O4S/c1-10(2)15-16-14(17-22-15)12-4-3-6-18(12)13(19)8-11-5-7-23(20,21)9-11/h10-12H,3-9H2,1-2H3/t11-,12+/m1/s1. The van der Waals surface area contributed by atoms with Crippen LogP contribution in [0.5, 0.6) is 0 Å². The summed E-state index contributed by atoms with van der Waals surface area (Å²) in [6.07, 6.45) is 2.62. The Balaban J connectivity index is 1.67. The summed E-state index contributed by atoms with van der Waals surface area (Å²) in [6, 6.07) is -0.142. The molecule has 8 heteroatoms. The summed E-state index contributed by atoms with van der Waals surface area (Å²) in [6.45, 7) is 4.64. The lowest BCUT2D eigenvalue weighted by molar-refractivity contribution is -0.133. The molecule has 23 heavy (non-hydrogen) atoms. The molecule has 0 aliphatic carbocycles. The third-order valence-corrected chi connectivity index (χ3v) is 6.45. The summed E-state index contributed by atoms with van der Waals surface area (Å²) in [5, 5.41) is 4.03. The molecule has 0 saturated carbocycles. The molecule has 2 aliphatic rings. The largest absolute Gasteiger partial charge is 0.339 e. The molecule has 2 aliphatic heterocycles. The topological polar surface area (TPSA) is 93.4 Å². The summed E-state index contributed by atoms with van der Waals surface area (Å²) in [7, 11) is -2.95. The molecule has 0 unspecified atom stereocenters. The fraction of sp³-hybridized carbons (Fsp3) is 0.800. The summed E-state index contributed by atoms with van der Waals surface area (Å²) in [5.74, 6) is 1.61. The van der Waals surface area contributed by atoms with Gasteiger partial charge < -0.3 is 9.42 Å². The third-order valence-electron chi connectivity index (χ3n) is 4.61. The van der Waals surface area contributed by atoms with Gasteiger partial charge in [-0.3, -0.25) is 4.79 Å². The van der Waals surface area contributed by atoms with E-state index >= 15 is 0 Å². The van der Waals surface area contributed by atoms with Crippen LogP contribution in [0.3, 0.4) is 0 Å². The molecule has 3 rings (SSSR count). The summed E-state index contributed by atoms with van der Waals surface area (Å²) < 4.78 is 28.3. The van der Waals surface area contributed by atoms with E-state index in [2.05, 4.69) is 10.1 Å². The number of carbonyl (C=O) groups excluding carboxylic acids is 1. The molecule has 2 saturated heterocycles. The van der Waals surface area contributed by atoms with Crippen molar-refractivity contribution in [2.75, 3.05) is 18.1 Å². The highest BCUT2D eigenvalue weighted by Crippen LogP contribution is 2.33. The fourth-order valence-electron chi connectivity index (χ4n) is 3.35. The number of aromatic nitrogens is 2. The van der Waals surface area contributed by atoms with Crippen LogP contribution in [0.2, 0.25) is 0 Å². The molecule has 0 spiro atoms. The van der Waals surface area contributed by atoms with Crippen LogP contribution in [0.1, 0.15) is 63.2 Å². The first-order valence-electron chi connectivity index (χ1n) is 8.19. The summed E-state index contributed by atoms with van der Waals surface area (Å²) in [5.41, 5.74) is 0. The van der Waals surface area contributed by atoms with Crippen LogP contribution >= 0.6 is 0 Å². The number of likely N-dealkylation sites (tertiary alicyclic amines) is 1. The molecular formula is C15H23N3O4S. The van der Waals surface area contributed by atoms with Crippen molar-refractivity contribution >= 4 is 15.7 Å². The van der Waals surface area contributed by atoms with E-state index in [-0.39, 0.29) is 35.3 Å². The molecule has 0 radical (unpaired) electrons. The van der Waals surface area contributed by atoms with Crippen molar-refractivity contribution in [1.82, 2.24) is 15.0 Å². The van der Waals surface area contributed by atoms with Crippen molar-refractivity contribution in [2.45, 2.75) is 51.5 Å². The van der Waals surface area contributed by atoms with Gasteiger partial charge >= 0.3 is 0 Å². The van der Waals surface area contributed by atoms with Crippen LogP contribution in [-0.2, 0) is 14.6 Å². The average Bonchev–Trinajstić information content (AvgIpc) is 3.16. The second-order valence-electron chi connectivity index (χ2n) is 6.86. The normalized spacial score (nSPS) is 27.0. The Labute approximate surface area is 136 Å². The zero-order chi connectivity index (χ0) is 16.6. The quantitative estimate of drug-likeness (QED) is 0.827. The third kappa shape index (κ3) is 3.57. The lowest BCUT2D eigenvalue weighted by Crippen LogP contribution is -2.32. The van der Waals surface area contributed by atoms with Gasteiger partial charge in [-0.2, -0.15) is 4.98 Å². The second-order valence-corrected chi connectivity index (χ2v) is 9.09. The molecule has 128 valence electrons. The number of amides is 1. The Bertz CT molecular complexity index is 683. The minimum Gasteiger partial charge on any atom is -0.339 e. The van der Waals surface area contributed by atoms with Gasteiger partial charge in [-0.1, -0.05) is 19.0 Å². The fourth-order valence-corrected chi connectivity index (χ4v) is 5.21. The Kier molecular flexibility index (Phi) is 4.44. The molecule has 2 atom stereocenters. The molecular weight excluding hydrogens is 318 g/mol. The molecule has 0 aromatic carbocycles. The predicted molar refractivity (Wildman–Crippen MR) is 83.5 cm³/mol. The minimum atomic E-state index is -2.95. The smallest absolute Gasteiger partial charge is 0.229 e. The van der Waals surface area contributed by atoms with Gasteiger partial charge in [-0.15, -0.1) is 0 Å². The van der Waals surface area contributed by atoms with Crippen LogP contribution in [0, 0.1) is 5.92 Å². The Morgan fingerprint density at radius 1 is 1.39 bits per heavy atom. The zero-order valence-electron chi connectivity index (χ0n) is 13.6. The molecule has 1 aromatic heterocycles. The first-order chi connectivity index (χ1) is 10.9. The zero-order valence-corrected chi connectivity index (χ0v) is 14.4. The van der Waals surface area contributed by atoms with Crippen molar-refractivity contribution < 1.29 is 17.7 Å². The van der Waals surface area contributed by atoms with Crippen molar-refractivity contribution in [3.05, 3.63) is 11.7 Å².